The lowest BCUT2D eigenvalue weighted by Crippen LogP contribution is -2.28. The number of H-pyrrole nitrogens is 1. The van der Waals surface area contributed by atoms with E-state index in [1.165, 1.54) is 6.92 Å². The summed E-state index contributed by atoms with van der Waals surface area (Å²) in [5.74, 6) is -1.11. The summed E-state index contributed by atoms with van der Waals surface area (Å²) in [6.45, 7) is 2.97. The maximum absolute atomic E-state index is 12.4. The highest BCUT2D eigenvalue weighted by Crippen LogP contribution is 2.30. The molecule has 0 aliphatic carbocycles. The number of esters is 2. The Balaban J connectivity index is 1.30. The maximum atomic E-state index is 12.4. The van der Waals surface area contributed by atoms with Crippen LogP contribution >= 0.6 is 0 Å². The number of hydrogen-bond acceptors (Lipinski definition) is 7. The molecule has 33 heavy (non-hydrogen) atoms. The lowest BCUT2D eigenvalue weighted by atomic mass is 9.94. The number of hydrogen-bond donors (Lipinski definition) is 2. The fraction of sp³-hybridized carbons (Fsp3) is 0.250. The summed E-state index contributed by atoms with van der Waals surface area (Å²) in [6.07, 6.45) is 1.12. The van der Waals surface area contributed by atoms with Gasteiger partial charge in [-0.25, -0.2) is 4.99 Å². The van der Waals surface area contributed by atoms with Crippen molar-refractivity contribution in [2.24, 2.45) is 4.99 Å². The SMILES string of the molecule is CC(=O)Oc1ccc(COC(=O)CN=C2NC(=O)[C@H]([C@H](C)c3c[nH]c4ccccc34)O2)cc1. The van der Waals surface area contributed by atoms with Gasteiger partial charge in [0, 0.05) is 29.9 Å². The Morgan fingerprint density at radius 3 is 2.67 bits per heavy atom. The minimum Gasteiger partial charge on any atom is -0.459 e. The van der Waals surface area contributed by atoms with Gasteiger partial charge in [0.25, 0.3) is 11.9 Å². The van der Waals surface area contributed by atoms with Crippen LogP contribution < -0.4 is 10.1 Å². The van der Waals surface area contributed by atoms with Crippen LogP contribution in [0.2, 0.25) is 0 Å². The first-order valence-corrected chi connectivity index (χ1v) is 10.4. The van der Waals surface area contributed by atoms with E-state index in [0.29, 0.717) is 5.75 Å². The van der Waals surface area contributed by atoms with Crippen molar-refractivity contribution in [1.82, 2.24) is 10.3 Å². The molecule has 2 N–H and O–H groups in total. The number of carbonyl (C=O) groups is 3. The number of rotatable bonds is 7. The molecular weight excluding hydrogens is 426 g/mol. The fourth-order valence-electron chi connectivity index (χ4n) is 3.58. The zero-order chi connectivity index (χ0) is 23.4. The number of carbonyl (C=O) groups excluding carboxylic acids is 3. The third kappa shape index (κ3) is 5.20. The van der Waals surface area contributed by atoms with Crippen molar-refractivity contribution in [3.8, 4) is 5.75 Å². The van der Waals surface area contributed by atoms with E-state index in [9.17, 15) is 14.4 Å². The second-order valence-corrected chi connectivity index (χ2v) is 7.63. The third-order valence-corrected chi connectivity index (χ3v) is 5.23. The van der Waals surface area contributed by atoms with Crippen LogP contribution in [-0.2, 0) is 30.5 Å². The van der Waals surface area contributed by atoms with Crippen molar-refractivity contribution in [1.29, 1.82) is 0 Å². The summed E-state index contributed by atoms with van der Waals surface area (Å²) in [6, 6.07) is 14.4. The average molecular weight is 449 g/mol. The van der Waals surface area contributed by atoms with Gasteiger partial charge in [0.2, 0.25) is 0 Å². The van der Waals surface area contributed by atoms with Crippen LogP contribution in [-0.4, -0.2) is 41.5 Å². The summed E-state index contributed by atoms with van der Waals surface area (Å²) < 4.78 is 15.8. The summed E-state index contributed by atoms with van der Waals surface area (Å²) in [4.78, 5) is 42.6. The number of aromatic nitrogens is 1. The van der Waals surface area contributed by atoms with Crippen LogP contribution in [0, 0.1) is 0 Å². The number of fused-ring (bicyclic) bond motifs is 1. The minimum atomic E-state index is -0.755. The molecule has 0 radical (unpaired) electrons. The molecule has 2 atom stereocenters. The normalized spacial score (nSPS) is 17.5. The molecule has 1 aliphatic heterocycles. The molecule has 4 rings (SSSR count). The standard InChI is InChI=1S/C24H23N3O6/c1-14(19-11-25-20-6-4-3-5-18(19)20)22-23(30)27-24(33-22)26-12-21(29)31-13-16-7-9-17(10-8-16)32-15(2)28/h3-11,14,22,25H,12-13H2,1-2H3,(H,26,27,30)/t14-,22+/m1/s1. The molecule has 9 nitrogen and oxygen atoms in total. The Kier molecular flexibility index (Phi) is 6.39. The summed E-state index contributed by atoms with van der Waals surface area (Å²) >= 11 is 0. The molecule has 1 saturated heterocycles. The van der Waals surface area contributed by atoms with Crippen molar-refractivity contribution in [3.05, 3.63) is 65.9 Å². The second-order valence-electron chi connectivity index (χ2n) is 7.63. The summed E-state index contributed by atoms with van der Waals surface area (Å²) in [5, 5.41) is 3.60. The lowest BCUT2D eigenvalue weighted by molar-refractivity contribution is -0.143. The van der Waals surface area contributed by atoms with Crippen molar-refractivity contribution < 1.29 is 28.6 Å². The van der Waals surface area contributed by atoms with Crippen LogP contribution in [0.15, 0.2) is 59.7 Å². The molecule has 9 heteroatoms. The number of amides is 1. The van der Waals surface area contributed by atoms with Gasteiger partial charge in [0.15, 0.2) is 6.10 Å². The monoisotopic (exact) mass is 449 g/mol. The Hall–Kier alpha value is -4.14. The predicted molar refractivity (Wildman–Crippen MR) is 120 cm³/mol. The predicted octanol–water partition coefficient (Wildman–Crippen LogP) is 2.81. The largest absolute Gasteiger partial charge is 0.459 e. The molecule has 2 heterocycles. The van der Waals surface area contributed by atoms with E-state index in [0.717, 1.165) is 22.0 Å². The molecule has 0 spiro atoms. The maximum Gasteiger partial charge on any atom is 0.328 e. The highest BCUT2D eigenvalue weighted by molar-refractivity contribution is 6.03. The molecular formula is C24H23N3O6. The van der Waals surface area contributed by atoms with Crippen LogP contribution in [0.25, 0.3) is 10.9 Å². The molecule has 1 amide bonds. The number of aliphatic imine (C=N–C) groups is 1. The number of benzene rings is 2. The van der Waals surface area contributed by atoms with Crippen LogP contribution in [0.5, 0.6) is 5.75 Å². The van der Waals surface area contributed by atoms with Gasteiger partial charge in [-0.1, -0.05) is 37.3 Å². The Morgan fingerprint density at radius 1 is 1.15 bits per heavy atom. The van der Waals surface area contributed by atoms with Crippen molar-refractivity contribution in [2.75, 3.05) is 6.54 Å². The number of amidine groups is 1. The van der Waals surface area contributed by atoms with E-state index in [1.807, 2.05) is 37.4 Å². The number of nitrogens with one attached hydrogen (secondary N) is 2. The lowest BCUT2D eigenvalue weighted by Gasteiger charge is -2.15. The average Bonchev–Trinajstić information content (AvgIpc) is 3.40. The van der Waals surface area contributed by atoms with Crippen molar-refractivity contribution in [2.45, 2.75) is 32.5 Å². The first-order valence-electron chi connectivity index (χ1n) is 10.4. The van der Waals surface area contributed by atoms with Crippen LogP contribution in [0.1, 0.15) is 30.9 Å². The second kappa shape index (κ2) is 9.56. The molecule has 1 aliphatic rings. The zero-order valence-electron chi connectivity index (χ0n) is 18.2. The summed E-state index contributed by atoms with van der Waals surface area (Å²) in [5.41, 5.74) is 2.67. The first kappa shape index (κ1) is 22.1. The number of ether oxygens (including phenoxy) is 3. The third-order valence-electron chi connectivity index (χ3n) is 5.23. The summed E-state index contributed by atoms with van der Waals surface area (Å²) in [7, 11) is 0. The van der Waals surface area contributed by atoms with Gasteiger partial charge in [0.1, 0.15) is 18.9 Å². The Morgan fingerprint density at radius 2 is 1.91 bits per heavy atom. The van der Waals surface area contributed by atoms with Gasteiger partial charge in [-0.05, 0) is 29.3 Å². The highest BCUT2D eigenvalue weighted by Gasteiger charge is 2.37. The van der Waals surface area contributed by atoms with E-state index in [-0.39, 0.29) is 31.0 Å². The first-order chi connectivity index (χ1) is 15.9. The molecule has 0 bridgehead atoms. The Labute approximate surface area is 189 Å². The number of aromatic amines is 1. The molecule has 1 aromatic heterocycles. The van der Waals surface area contributed by atoms with E-state index in [1.54, 1.807) is 24.3 Å². The topological polar surface area (TPSA) is 119 Å². The molecule has 2 aromatic carbocycles. The van der Waals surface area contributed by atoms with Gasteiger partial charge in [-0.3, -0.25) is 19.7 Å². The quantitative estimate of drug-likeness (QED) is 0.423. The fourth-order valence-corrected chi connectivity index (χ4v) is 3.58. The van der Waals surface area contributed by atoms with Crippen molar-refractivity contribution >= 4 is 34.8 Å². The molecule has 170 valence electrons. The van der Waals surface area contributed by atoms with Crippen LogP contribution in [0.4, 0.5) is 0 Å². The zero-order valence-corrected chi connectivity index (χ0v) is 18.2. The molecule has 0 saturated carbocycles. The minimum absolute atomic E-state index is 0.000578. The van der Waals surface area contributed by atoms with E-state index < -0.39 is 18.0 Å². The van der Waals surface area contributed by atoms with Gasteiger partial charge in [0.05, 0.1) is 0 Å². The molecule has 1 fully saturated rings. The highest BCUT2D eigenvalue weighted by atomic mass is 16.5. The molecule has 3 aromatic rings. The smallest absolute Gasteiger partial charge is 0.328 e. The number of nitrogens with zero attached hydrogens (tertiary/aromatic N) is 1. The van der Waals surface area contributed by atoms with Crippen LogP contribution in [0.3, 0.4) is 0 Å². The van der Waals surface area contributed by atoms with E-state index in [4.69, 9.17) is 14.2 Å². The Bertz CT molecular complexity index is 1210. The molecule has 0 unspecified atom stereocenters. The van der Waals surface area contributed by atoms with E-state index in [2.05, 4.69) is 15.3 Å². The number of para-hydroxylation sites is 1. The van der Waals surface area contributed by atoms with Gasteiger partial charge < -0.3 is 19.2 Å². The van der Waals surface area contributed by atoms with Gasteiger partial charge in [-0.15, -0.1) is 0 Å². The van der Waals surface area contributed by atoms with E-state index >= 15 is 0 Å². The van der Waals surface area contributed by atoms with Gasteiger partial charge in [-0.2, -0.15) is 0 Å². The van der Waals surface area contributed by atoms with Crippen molar-refractivity contribution in [3.63, 3.8) is 0 Å². The van der Waals surface area contributed by atoms with Gasteiger partial charge >= 0.3 is 11.9 Å².